The van der Waals surface area contributed by atoms with Gasteiger partial charge in [-0.3, -0.25) is 0 Å². The van der Waals surface area contributed by atoms with Gasteiger partial charge in [0.1, 0.15) is 5.82 Å². The van der Waals surface area contributed by atoms with Crippen LogP contribution in [0.15, 0.2) is 53.0 Å². The molecule has 2 N–H and O–H groups in total. The fourth-order valence-corrected chi connectivity index (χ4v) is 2.41. The van der Waals surface area contributed by atoms with E-state index in [-0.39, 0.29) is 11.9 Å². The highest BCUT2D eigenvalue weighted by Gasteiger charge is 2.08. The quantitative estimate of drug-likeness (QED) is 0.899. The summed E-state index contributed by atoms with van der Waals surface area (Å²) in [5.41, 5.74) is 8.18. The van der Waals surface area contributed by atoms with Gasteiger partial charge in [-0.2, -0.15) is 0 Å². The maximum atomic E-state index is 13.3. The molecule has 2 rings (SSSR count). The second kappa shape index (κ2) is 6.12. The predicted molar refractivity (Wildman–Crippen MR) is 75.8 cm³/mol. The molecule has 0 saturated heterocycles. The molecule has 18 heavy (non-hydrogen) atoms. The van der Waals surface area contributed by atoms with Gasteiger partial charge in [0.2, 0.25) is 0 Å². The van der Waals surface area contributed by atoms with E-state index < -0.39 is 0 Å². The molecule has 2 aromatic rings. The van der Waals surface area contributed by atoms with E-state index >= 15 is 0 Å². The minimum Gasteiger partial charge on any atom is -0.324 e. The number of nitrogens with two attached hydrogens (primary N) is 1. The van der Waals surface area contributed by atoms with Crippen LogP contribution in [0.25, 0.3) is 0 Å². The Kier molecular flexibility index (Phi) is 4.50. The molecule has 1 atom stereocenters. The minimum atomic E-state index is -0.255. The van der Waals surface area contributed by atoms with Crippen LogP contribution in [0.1, 0.15) is 23.6 Å². The lowest BCUT2D eigenvalue weighted by molar-refractivity contribution is 0.608. The summed E-state index contributed by atoms with van der Waals surface area (Å²) >= 11 is 3.28. The van der Waals surface area contributed by atoms with Crippen molar-refractivity contribution in [2.24, 2.45) is 5.73 Å². The topological polar surface area (TPSA) is 26.0 Å². The summed E-state index contributed by atoms with van der Waals surface area (Å²) in [5, 5.41) is 0. The average molecular weight is 308 g/mol. The highest BCUT2D eigenvalue weighted by Crippen LogP contribution is 2.22. The Labute approximate surface area is 115 Å². The van der Waals surface area contributed by atoms with Gasteiger partial charge in [0, 0.05) is 10.5 Å². The van der Waals surface area contributed by atoms with Gasteiger partial charge in [-0.15, -0.1) is 0 Å². The number of hydrogen-bond acceptors (Lipinski definition) is 1. The summed E-state index contributed by atoms with van der Waals surface area (Å²) in [6.07, 6.45) is 1.70. The molecule has 94 valence electrons. The Morgan fingerprint density at radius 1 is 1.11 bits per heavy atom. The van der Waals surface area contributed by atoms with Gasteiger partial charge in [-0.1, -0.05) is 46.3 Å². The van der Waals surface area contributed by atoms with Crippen molar-refractivity contribution < 1.29 is 4.39 Å². The number of benzene rings is 2. The first-order valence-corrected chi connectivity index (χ1v) is 6.70. The van der Waals surface area contributed by atoms with Crippen molar-refractivity contribution in [3.05, 3.63) is 69.9 Å². The van der Waals surface area contributed by atoms with Crippen LogP contribution in [0.4, 0.5) is 4.39 Å². The Morgan fingerprint density at radius 2 is 1.83 bits per heavy atom. The number of hydrogen-bond donors (Lipinski definition) is 1. The summed E-state index contributed by atoms with van der Waals surface area (Å²) < 4.78 is 14.0. The summed E-state index contributed by atoms with van der Waals surface area (Å²) in [4.78, 5) is 0. The highest BCUT2D eigenvalue weighted by molar-refractivity contribution is 9.10. The third-order valence-corrected chi connectivity index (χ3v) is 3.36. The lowest BCUT2D eigenvalue weighted by Crippen LogP contribution is -2.11. The van der Waals surface area contributed by atoms with Crippen molar-refractivity contribution in [3.8, 4) is 0 Å². The van der Waals surface area contributed by atoms with Crippen molar-refractivity contribution in [1.29, 1.82) is 0 Å². The van der Waals surface area contributed by atoms with Gasteiger partial charge in [0.25, 0.3) is 0 Å². The standard InChI is InChI=1S/C15H15BrFN/c16-13-8-12(9-14(17)10-13)15(18)7-6-11-4-2-1-3-5-11/h1-5,8-10,15H,6-7,18H2. The highest BCUT2D eigenvalue weighted by atomic mass is 79.9. The van der Waals surface area contributed by atoms with E-state index in [0.29, 0.717) is 0 Å². The van der Waals surface area contributed by atoms with Crippen LogP contribution in [0.2, 0.25) is 0 Å². The van der Waals surface area contributed by atoms with Crippen LogP contribution in [-0.4, -0.2) is 0 Å². The molecule has 1 nitrogen and oxygen atoms in total. The van der Waals surface area contributed by atoms with Crippen LogP contribution in [0, 0.1) is 5.82 Å². The molecule has 0 aliphatic carbocycles. The van der Waals surface area contributed by atoms with E-state index in [0.717, 1.165) is 22.9 Å². The summed E-state index contributed by atoms with van der Waals surface area (Å²) in [5.74, 6) is -0.255. The van der Waals surface area contributed by atoms with Crippen molar-refractivity contribution in [2.75, 3.05) is 0 Å². The van der Waals surface area contributed by atoms with Gasteiger partial charge >= 0.3 is 0 Å². The third kappa shape index (κ3) is 3.65. The molecule has 0 heterocycles. The van der Waals surface area contributed by atoms with Crippen LogP contribution in [0.3, 0.4) is 0 Å². The van der Waals surface area contributed by atoms with Crippen molar-refractivity contribution in [2.45, 2.75) is 18.9 Å². The van der Waals surface area contributed by atoms with E-state index in [9.17, 15) is 4.39 Å². The van der Waals surface area contributed by atoms with Crippen LogP contribution < -0.4 is 5.73 Å². The fourth-order valence-electron chi connectivity index (χ4n) is 1.92. The first-order chi connectivity index (χ1) is 8.65. The molecule has 0 aromatic heterocycles. The molecule has 0 bridgehead atoms. The Bertz CT molecular complexity index is 493. The van der Waals surface area contributed by atoms with Crippen molar-refractivity contribution in [1.82, 2.24) is 0 Å². The SMILES string of the molecule is NC(CCc1ccccc1)c1cc(F)cc(Br)c1. The van der Waals surface area contributed by atoms with E-state index in [1.54, 1.807) is 0 Å². The van der Waals surface area contributed by atoms with Crippen LogP contribution in [0.5, 0.6) is 0 Å². The molecule has 0 spiro atoms. The van der Waals surface area contributed by atoms with E-state index in [4.69, 9.17) is 5.73 Å². The van der Waals surface area contributed by atoms with E-state index in [1.807, 2.05) is 24.3 Å². The fraction of sp³-hybridized carbons (Fsp3) is 0.200. The molecule has 0 fully saturated rings. The molecule has 0 radical (unpaired) electrons. The normalized spacial score (nSPS) is 12.4. The van der Waals surface area contributed by atoms with Crippen molar-refractivity contribution in [3.63, 3.8) is 0 Å². The molecule has 0 aliphatic heterocycles. The number of rotatable bonds is 4. The second-order valence-corrected chi connectivity index (χ2v) is 5.25. The van der Waals surface area contributed by atoms with Gasteiger partial charge < -0.3 is 5.73 Å². The largest absolute Gasteiger partial charge is 0.324 e. The van der Waals surface area contributed by atoms with Crippen molar-refractivity contribution >= 4 is 15.9 Å². The maximum absolute atomic E-state index is 13.3. The Hall–Kier alpha value is -1.19. The summed E-state index contributed by atoms with van der Waals surface area (Å²) in [6, 6.07) is 14.8. The number of halogens is 2. The smallest absolute Gasteiger partial charge is 0.124 e. The molecule has 2 aromatic carbocycles. The molecule has 3 heteroatoms. The first kappa shape index (κ1) is 13.2. The minimum absolute atomic E-state index is 0.141. The maximum Gasteiger partial charge on any atom is 0.124 e. The Morgan fingerprint density at radius 3 is 2.50 bits per heavy atom. The average Bonchev–Trinajstić information content (AvgIpc) is 2.36. The van der Waals surface area contributed by atoms with Gasteiger partial charge in [-0.25, -0.2) is 4.39 Å². The molecule has 0 amide bonds. The monoisotopic (exact) mass is 307 g/mol. The second-order valence-electron chi connectivity index (χ2n) is 4.33. The van der Waals surface area contributed by atoms with Crippen LogP contribution >= 0.6 is 15.9 Å². The molecule has 1 unspecified atom stereocenters. The van der Waals surface area contributed by atoms with E-state index in [1.165, 1.54) is 17.7 Å². The zero-order valence-corrected chi connectivity index (χ0v) is 11.5. The molecule has 0 saturated carbocycles. The Balaban J connectivity index is 2.01. The van der Waals surface area contributed by atoms with Gasteiger partial charge in [-0.05, 0) is 42.2 Å². The lowest BCUT2D eigenvalue weighted by atomic mass is 10.00. The molecular weight excluding hydrogens is 293 g/mol. The van der Waals surface area contributed by atoms with Gasteiger partial charge in [0.05, 0.1) is 0 Å². The zero-order valence-electron chi connectivity index (χ0n) is 9.94. The van der Waals surface area contributed by atoms with Crippen LogP contribution in [-0.2, 0) is 6.42 Å². The zero-order chi connectivity index (χ0) is 13.0. The lowest BCUT2D eigenvalue weighted by Gasteiger charge is -2.12. The van der Waals surface area contributed by atoms with E-state index in [2.05, 4.69) is 28.1 Å². The third-order valence-electron chi connectivity index (χ3n) is 2.90. The summed E-state index contributed by atoms with van der Waals surface area (Å²) in [7, 11) is 0. The first-order valence-electron chi connectivity index (χ1n) is 5.90. The summed E-state index contributed by atoms with van der Waals surface area (Å²) in [6.45, 7) is 0. The molecule has 0 aliphatic rings. The molecular formula is C15H15BrFN. The number of aryl methyl sites for hydroxylation is 1. The van der Waals surface area contributed by atoms with Gasteiger partial charge in [0.15, 0.2) is 0 Å². The predicted octanol–water partition coefficient (Wildman–Crippen LogP) is 4.22.